The van der Waals surface area contributed by atoms with Crippen molar-refractivity contribution in [1.82, 2.24) is 5.32 Å². The van der Waals surface area contributed by atoms with E-state index < -0.39 is 5.41 Å². The lowest BCUT2D eigenvalue weighted by Crippen LogP contribution is -2.66. The van der Waals surface area contributed by atoms with Gasteiger partial charge < -0.3 is 10.1 Å². The Morgan fingerprint density at radius 2 is 1.58 bits per heavy atom. The number of rotatable bonds is 5. The molecule has 0 aromatic heterocycles. The predicted octanol–water partition coefficient (Wildman–Crippen LogP) is 8.69. The first kappa shape index (κ1) is 32.3. The van der Waals surface area contributed by atoms with Crippen LogP contribution in [0, 0.1) is 50.7 Å². The largest absolute Gasteiger partial charge is 0.462 e. The van der Waals surface area contributed by atoms with Crippen molar-refractivity contribution in [3.63, 3.8) is 0 Å². The van der Waals surface area contributed by atoms with Gasteiger partial charge in [0.25, 0.3) is 0 Å². The molecule has 4 fully saturated rings. The summed E-state index contributed by atoms with van der Waals surface area (Å²) in [6.45, 7) is 22.3. The summed E-state index contributed by atoms with van der Waals surface area (Å²) in [6, 6.07) is 9.80. The first-order valence-corrected chi connectivity index (χ1v) is 17.5. The third kappa shape index (κ3) is 4.48. The molecule has 5 heteroatoms. The van der Waals surface area contributed by atoms with E-state index in [1.807, 2.05) is 30.3 Å². The van der Waals surface area contributed by atoms with Gasteiger partial charge in [-0.15, -0.1) is 0 Å². The Morgan fingerprint density at radius 1 is 0.889 bits per heavy atom. The lowest BCUT2D eigenvalue weighted by Gasteiger charge is -2.72. The van der Waals surface area contributed by atoms with Gasteiger partial charge in [-0.25, -0.2) is 0 Å². The molecule has 5 nitrogen and oxygen atoms in total. The van der Waals surface area contributed by atoms with E-state index in [1.165, 1.54) is 5.57 Å². The molecule has 1 N–H and O–H groups in total. The van der Waals surface area contributed by atoms with Crippen LogP contribution in [0.5, 0.6) is 0 Å². The van der Waals surface area contributed by atoms with Gasteiger partial charge in [0, 0.05) is 24.5 Å². The zero-order chi connectivity index (χ0) is 32.7. The summed E-state index contributed by atoms with van der Waals surface area (Å²) in [4.78, 5) is 40.4. The van der Waals surface area contributed by atoms with Crippen LogP contribution in [0.15, 0.2) is 48.1 Å². The first-order valence-electron chi connectivity index (χ1n) is 17.5. The lowest BCUT2D eigenvalue weighted by molar-refractivity contribution is -0.232. The van der Waals surface area contributed by atoms with Crippen LogP contribution in [-0.4, -0.2) is 23.8 Å². The molecule has 1 aromatic rings. The molecule has 0 saturated heterocycles. The number of benzene rings is 1. The van der Waals surface area contributed by atoms with Crippen molar-refractivity contribution in [2.24, 2.45) is 50.7 Å². The topological polar surface area (TPSA) is 72.5 Å². The minimum absolute atomic E-state index is 0.0128. The molecule has 0 spiro atoms. The number of hydrogen-bond donors (Lipinski definition) is 1. The number of carbonyl (C=O) groups is 3. The third-order valence-electron chi connectivity index (χ3n) is 14.5. The van der Waals surface area contributed by atoms with Gasteiger partial charge in [-0.3, -0.25) is 14.4 Å². The number of hydrogen-bond acceptors (Lipinski definition) is 4. The smallest absolute Gasteiger partial charge is 0.302 e. The van der Waals surface area contributed by atoms with E-state index in [1.54, 1.807) is 6.92 Å². The highest BCUT2D eigenvalue weighted by Gasteiger charge is 2.71. The van der Waals surface area contributed by atoms with E-state index >= 15 is 0 Å². The molecule has 1 amide bonds. The number of fused-ring (bicyclic) bond motifs is 7. The van der Waals surface area contributed by atoms with Gasteiger partial charge in [-0.1, -0.05) is 85.4 Å². The van der Waals surface area contributed by atoms with Crippen LogP contribution in [0.1, 0.15) is 119 Å². The second-order valence-electron chi connectivity index (χ2n) is 17.0. The lowest BCUT2D eigenvalue weighted by atomic mass is 9.33. The average Bonchev–Trinajstić information content (AvgIpc) is 3.28. The maximum atomic E-state index is 14.5. The van der Waals surface area contributed by atoms with Crippen molar-refractivity contribution in [3.05, 3.63) is 53.6 Å². The summed E-state index contributed by atoms with van der Waals surface area (Å²) in [5.41, 5.74) is 2.94. The fourth-order valence-corrected chi connectivity index (χ4v) is 12.3. The molecule has 0 aliphatic heterocycles. The first-order chi connectivity index (χ1) is 21.0. The Labute approximate surface area is 271 Å². The molecule has 0 unspecified atom stereocenters. The van der Waals surface area contributed by atoms with Crippen molar-refractivity contribution in [1.29, 1.82) is 0 Å². The number of esters is 1. The van der Waals surface area contributed by atoms with Crippen molar-refractivity contribution in [3.8, 4) is 0 Å². The highest BCUT2D eigenvalue weighted by Crippen LogP contribution is 2.76. The summed E-state index contributed by atoms with van der Waals surface area (Å²) < 4.78 is 5.93. The van der Waals surface area contributed by atoms with Gasteiger partial charge in [0.15, 0.2) is 5.78 Å². The van der Waals surface area contributed by atoms with Gasteiger partial charge >= 0.3 is 5.97 Å². The van der Waals surface area contributed by atoms with Crippen LogP contribution in [0.25, 0.3) is 5.70 Å². The summed E-state index contributed by atoms with van der Waals surface area (Å²) in [6.07, 6.45) is 8.25. The highest BCUT2D eigenvalue weighted by atomic mass is 16.5. The van der Waals surface area contributed by atoms with E-state index in [0.29, 0.717) is 24.0 Å². The average molecular weight is 614 g/mol. The Bertz CT molecular complexity index is 1460. The van der Waals surface area contributed by atoms with Crippen LogP contribution >= 0.6 is 0 Å². The molecule has 4 saturated carbocycles. The molecule has 1 aromatic carbocycles. The third-order valence-corrected chi connectivity index (χ3v) is 14.5. The fraction of sp³-hybridized carbons (Fsp3) is 0.675. The molecule has 5 aliphatic rings. The Morgan fingerprint density at radius 3 is 2.22 bits per heavy atom. The molecular formula is C40H55NO4. The fourth-order valence-electron chi connectivity index (χ4n) is 12.3. The molecule has 8 atom stereocenters. The van der Waals surface area contributed by atoms with E-state index in [0.717, 1.165) is 56.1 Å². The van der Waals surface area contributed by atoms with Crippen molar-refractivity contribution < 1.29 is 19.1 Å². The molecule has 0 radical (unpaired) electrons. The molecule has 45 heavy (non-hydrogen) atoms. The second kappa shape index (κ2) is 10.7. The Hall–Kier alpha value is -2.69. The number of amides is 1. The maximum Gasteiger partial charge on any atom is 0.302 e. The predicted molar refractivity (Wildman–Crippen MR) is 179 cm³/mol. The zero-order valence-electron chi connectivity index (χ0n) is 29.0. The monoisotopic (exact) mass is 613 g/mol. The van der Waals surface area contributed by atoms with E-state index in [2.05, 4.69) is 60.4 Å². The van der Waals surface area contributed by atoms with Gasteiger partial charge in [-0.05, 0) is 108 Å². The molecule has 244 valence electrons. The number of ether oxygens (including phenoxy) is 1. The van der Waals surface area contributed by atoms with Gasteiger partial charge in [0.05, 0.1) is 5.41 Å². The number of allylic oxidation sites excluding steroid dienone is 1. The van der Waals surface area contributed by atoms with Crippen LogP contribution in [0.2, 0.25) is 0 Å². The molecule has 0 bridgehead atoms. The van der Waals surface area contributed by atoms with Gasteiger partial charge in [-0.2, -0.15) is 0 Å². The van der Waals surface area contributed by atoms with Crippen molar-refractivity contribution >= 4 is 23.4 Å². The molecule has 0 heterocycles. The normalized spacial score (nSPS) is 40.2. The minimum Gasteiger partial charge on any atom is -0.462 e. The minimum atomic E-state index is -0.799. The molecule has 6 rings (SSSR count). The summed E-state index contributed by atoms with van der Waals surface area (Å²) in [5.74, 6) is 1.26. The summed E-state index contributed by atoms with van der Waals surface area (Å²) >= 11 is 0. The van der Waals surface area contributed by atoms with Crippen LogP contribution in [0.3, 0.4) is 0 Å². The summed E-state index contributed by atoms with van der Waals surface area (Å²) in [7, 11) is 0. The maximum absolute atomic E-state index is 14.5. The van der Waals surface area contributed by atoms with Crippen molar-refractivity contribution in [2.45, 2.75) is 119 Å². The standard InChI is InChI=1S/C40H55NO4/c1-24(2)33-29(43)23-40(35(44)41-25(3)27-13-11-10-12-14-27)22-21-38(8)28(34(33)40)15-16-31-37(7)19-18-32(45-26(4)42)36(5,6)30(37)17-20-39(31,38)9/h10-14,24,28,30-32H,3,15-23H2,1-2,4-9H3,(H,41,44)/t28-,30+,31-,32+,37+,38-,39-,40-/m1/s1. The molecule has 5 aliphatic carbocycles. The highest BCUT2D eigenvalue weighted by molar-refractivity contribution is 6.08. The summed E-state index contributed by atoms with van der Waals surface area (Å²) in [5, 5.41) is 3.20. The SMILES string of the molecule is C=C(NC(=O)[C@@]12CC[C@]3(C)[C@H](CC[C@@H]4[C@@]5(C)CC[C@H](OC(C)=O)C(C)(C)[C@@H]5CC[C@]43C)C1=C(C(C)C)C(=O)C2)c1ccccc1. The van der Waals surface area contributed by atoms with Crippen LogP contribution < -0.4 is 5.32 Å². The van der Waals surface area contributed by atoms with Gasteiger partial charge in [0.1, 0.15) is 6.10 Å². The van der Waals surface area contributed by atoms with E-state index in [-0.39, 0.29) is 63.7 Å². The van der Waals surface area contributed by atoms with E-state index in [4.69, 9.17) is 4.74 Å². The number of Topliss-reactive ketones (excluding diaryl/α,β-unsaturated/α-hetero) is 1. The second-order valence-corrected chi connectivity index (χ2v) is 17.0. The Kier molecular flexibility index (Phi) is 7.65. The number of carbonyl (C=O) groups excluding carboxylic acids is 3. The van der Waals surface area contributed by atoms with Crippen molar-refractivity contribution in [2.75, 3.05) is 0 Å². The Balaban J connectivity index is 1.37. The van der Waals surface area contributed by atoms with Crippen LogP contribution in [-0.2, 0) is 19.1 Å². The zero-order valence-corrected chi connectivity index (χ0v) is 29.0. The van der Waals surface area contributed by atoms with Crippen LogP contribution in [0.4, 0.5) is 0 Å². The molecular weight excluding hydrogens is 558 g/mol. The van der Waals surface area contributed by atoms with Gasteiger partial charge in [0.2, 0.25) is 5.91 Å². The number of nitrogens with one attached hydrogen (secondary N) is 1. The van der Waals surface area contributed by atoms with E-state index in [9.17, 15) is 14.4 Å². The quantitative estimate of drug-likeness (QED) is 0.337. The number of ketones is 1.